The number of thioether (sulfide) groups is 1. The second kappa shape index (κ2) is 5.27. The number of H-pyrrole nitrogens is 1. The van der Waals surface area contributed by atoms with E-state index in [0.29, 0.717) is 0 Å². The van der Waals surface area contributed by atoms with Gasteiger partial charge >= 0.3 is 0 Å². The van der Waals surface area contributed by atoms with E-state index in [2.05, 4.69) is 35.4 Å². The van der Waals surface area contributed by atoms with E-state index in [1.54, 1.807) is 0 Å². The van der Waals surface area contributed by atoms with Crippen molar-refractivity contribution in [3.05, 3.63) is 24.3 Å². The molecule has 0 aliphatic rings. The van der Waals surface area contributed by atoms with Gasteiger partial charge in [-0.2, -0.15) is 0 Å². The number of carbonyl (C=O) groups is 1. The molecule has 1 aromatic heterocycles. The zero-order chi connectivity index (χ0) is 12.3. The average molecular weight is 248 g/mol. The maximum Gasteiger partial charge on any atom is 0.222 e. The van der Waals surface area contributed by atoms with Gasteiger partial charge in [-0.3, -0.25) is 4.79 Å². The van der Waals surface area contributed by atoms with E-state index in [0.717, 1.165) is 22.5 Å². The summed E-state index contributed by atoms with van der Waals surface area (Å²) >= 11 is 1.86. The molecule has 1 heterocycles. The van der Waals surface area contributed by atoms with Crippen molar-refractivity contribution < 1.29 is 4.79 Å². The second-order valence-electron chi connectivity index (χ2n) is 3.96. The molecule has 1 amide bonds. The number of carbonyl (C=O) groups excluding carboxylic acids is 1. The monoisotopic (exact) mass is 248 g/mol. The molecule has 2 aromatic rings. The number of aromatic amines is 1. The Morgan fingerprint density at radius 3 is 2.94 bits per heavy atom. The number of anilines is 1. The molecule has 2 rings (SSSR count). The van der Waals surface area contributed by atoms with Crippen molar-refractivity contribution in [1.29, 1.82) is 0 Å². The van der Waals surface area contributed by atoms with Crippen LogP contribution in [0, 0.1) is 0 Å². The molecule has 0 fully saturated rings. The number of benzene rings is 1. The third-order valence-corrected chi connectivity index (χ3v) is 3.58. The maximum absolute atomic E-state index is 11.0. The molecule has 0 aliphatic carbocycles. The van der Waals surface area contributed by atoms with Gasteiger partial charge < -0.3 is 10.3 Å². The van der Waals surface area contributed by atoms with E-state index in [1.807, 2.05) is 17.8 Å². The summed E-state index contributed by atoms with van der Waals surface area (Å²) in [5, 5.41) is 3.89. The van der Waals surface area contributed by atoms with Gasteiger partial charge in [0.1, 0.15) is 5.82 Å². The molecule has 0 bridgehead atoms. The molecule has 4 heteroatoms. The highest BCUT2D eigenvalue weighted by Crippen LogP contribution is 2.26. The minimum absolute atomic E-state index is 0.0582. The van der Waals surface area contributed by atoms with E-state index in [1.165, 1.54) is 18.2 Å². The molecule has 0 saturated carbocycles. The van der Waals surface area contributed by atoms with Crippen LogP contribution in [0.4, 0.5) is 5.82 Å². The van der Waals surface area contributed by atoms with Crippen LogP contribution in [0.2, 0.25) is 0 Å². The third-order valence-electron chi connectivity index (χ3n) is 2.38. The zero-order valence-corrected chi connectivity index (χ0v) is 10.9. The summed E-state index contributed by atoms with van der Waals surface area (Å²) in [5.41, 5.74) is 1.05. The lowest BCUT2D eigenvalue weighted by Gasteiger charge is -1.98. The molecule has 1 aromatic carbocycles. The van der Waals surface area contributed by atoms with Crippen LogP contribution < -0.4 is 5.32 Å². The van der Waals surface area contributed by atoms with Gasteiger partial charge in [-0.1, -0.05) is 6.92 Å². The highest BCUT2D eigenvalue weighted by Gasteiger charge is 2.03. The fourth-order valence-corrected chi connectivity index (χ4v) is 2.49. The Balaban J connectivity index is 2.24. The summed E-state index contributed by atoms with van der Waals surface area (Å²) in [6.45, 7) is 3.69. The van der Waals surface area contributed by atoms with E-state index >= 15 is 0 Å². The van der Waals surface area contributed by atoms with Crippen molar-refractivity contribution in [2.75, 3.05) is 11.1 Å². The number of rotatable bonds is 4. The smallest absolute Gasteiger partial charge is 0.222 e. The van der Waals surface area contributed by atoms with Crippen molar-refractivity contribution >= 4 is 34.4 Å². The molecule has 0 spiro atoms. The zero-order valence-electron chi connectivity index (χ0n) is 10.0. The molecular weight excluding hydrogens is 232 g/mol. The Hall–Kier alpha value is -1.42. The van der Waals surface area contributed by atoms with Crippen molar-refractivity contribution in [1.82, 2.24) is 4.98 Å². The second-order valence-corrected chi connectivity index (χ2v) is 5.13. The molecule has 0 radical (unpaired) electrons. The van der Waals surface area contributed by atoms with Gasteiger partial charge in [0.2, 0.25) is 5.91 Å². The minimum Gasteiger partial charge on any atom is -0.341 e. The molecule has 3 nitrogen and oxygen atoms in total. The van der Waals surface area contributed by atoms with Gasteiger partial charge in [-0.15, -0.1) is 11.8 Å². The summed E-state index contributed by atoms with van der Waals surface area (Å²) in [7, 11) is 0. The molecule has 17 heavy (non-hydrogen) atoms. The van der Waals surface area contributed by atoms with Crippen LogP contribution in [0.5, 0.6) is 0 Å². The minimum atomic E-state index is -0.0582. The first-order valence-electron chi connectivity index (χ1n) is 5.72. The van der Waals surface area contributed by atoms with E-state index in [4.69, 9.17) is 0 Å². The lowest BCUT2D eigenvalue weighted by Crippen LogP contribution is -2.05. The molecule has 2 N–H and O–H groups in total. The topological polar surface area (TPSA) is 44.9 Å². The lowest BCUT2D eigenvalue weighted by atomic mass is 10.2. The first-order chi connectivity index (χ1) is 8.19. The normalized spacial score (nSPS) is 10.7. The highest BCUT2D eigenvalue weighted by atomic mass is 32.2. The largest absolute Gasteiger partial charge is 0.341 e. The number of fused-ring (bicyclic) bond motifs is 1. The lowest BCUT2D eigenvalue weighted by molar-refractivity contribution is -0.114. The first kappa shape index (κ1) is 12.0. The number of hydrogen-bond donors (Lipinski definition) is 2. The van der Waals surface area contributed by atoms with Gasteiger partial charge in [0, 0.05) is 22.7 Å². The molecular formula is C13H16N2OS. The van der Waals surface area contributed by atoms with Gasteiger partial charge in [0.15, 0.2) is 0 Å². The number of hydrogen-bond acceptors (Lipinski definition) is 2. The SMILES string of the molecule is CCCSc1ccc2[nH]c(NC(C)=O)cc2c1. The van der Waals surface area contributed by atoms with E-state index < -0.39 is 0 Å². The molecule has 0 aliphatic heterocycles. The summed E-state index contributed by atoms with van der Waals surface area (Å²) in [6, 6.07) is 8.28. The third kappa shape index (κ3) is 3.03. The predicted octanol–water partition coefficient (Wildman–Crippen LogP) is 3.63. The van der Waals surface area contributed by atoms with Crippen LogP contribution >= 0.6 is 11.8 Å². The Morgan fingerprint density at radius 2 is 2.24 bits per heavy atom. The summed E-state index contributed by atoms with van der Waals surface area (Å²) < 4.78 is 0. The Bertz CT molecular complexity index is 533. The molecule has 90 valence electrons. The van der Waals surface area contributed by atoms with E-state index in [9.17, 15) is 4.79 Å². The van der Waals surface area contributed by atoms with Crippen LogP contribution in [-0.4, -0.2) is 16.6 Å². The van der Waals surface area contributed by atoms with Crippen LogP contribution in [0.3, 0.4) is 0 Å². The number of aromatic nitrogens is 1. The first-order valence-corrected chi connectivity index (χ1v) is 6.71. The van der Waals surface area contributed by atoms with Gasteiger partial charge in [0.05, 0.1) is 0 Å². The summed E-state index contributed by atoms with van der Waals surface area (Å²) in [6.07, 6.45) is 1.17. The maximum atomic E-state index is 11.0. The fraction of sp³-hybridized carbons (Fsp3) is 0.308. The van der Waals surface area contributed by atoms with Crippen molar-refractivity contribution in [3.63, 3.8) is 0 Å². The Kier molecular flexibility index (Phi) is 3.74. The molecule has 0 atom stereocenters. The Morgan fingerprint density at radius 1 is 1.41 bits per heavy atom. The van der Waals surface area contributed by atoms with Crippen LogP contribution in [-0.2, 0) is 4.79 Å². The Labute approximate surface area is 105 Å². The average Bonchev–Trinajstić information content (AvgIpc) is 2.66. The van der Waals surface area contributed by atoms with Crippen molar-refractivity contribution in [2.24, 2.45) is 0 Å². The quantitative estimate of drug-likeness (QED) is 0.811. The van der Waals surface area contributed by atoms with E-state index in [-0.39, 0.29) is 5.91 Å². The number of nitrogens with one attached hydrogen (secondary N) is 2. The standard InChI is InChI=1S/C13H16N2OS/c1-3-6-17-11-4-5-12-10(7-11)8-13(15-12)14-9(2)16/h4-5,7-8,15H,3,6H2,1-2H3,(H,14,16). The fourth-order valence-electron chi connectivity index (χ4n) is 1.68. The van der Waals surface area contributed by atoms with Crippen LogP contribution in [0.25, 0.3) is 10.9 Å². The molecule has 0 unspecified atom stereocenters. The van der Waals surface area contributed by atoms with Crippen LogP contribution in [0.1, 0.15) is 20.3 Å². The van der Waals surface area contributed by atoms with Gasteiger partial charge in [-0.05, 0) is 36.4 Å². The summed E-state index contributed by atoms with van der Waals surface area (Å²) in [5.74, 6) is 1.83. The van der Waals surface area contributed by atoms with Gasteiger partial charge in [-0.25, -0.2) is 0 Å². The predicted molar refractivity (Wildman–Crippen MR) is 73.6 cm³/mol. The summed E-state index contributed by atoms with van der Waals surface area (Å²) in [4.78, 5) is 15.4. The van der Waals surface area contributed by atoms with Gasteiger partial charge in [0.25, 0.3) is 0 Å². The number of amides is 1. The van der Waals surface area contributed by atoms with Crippen molar-refractivity contribution in [2.45, 2.75) is 25.2 Å². The molecule has 0 saturated heterocycles. The highest BCUT2D eigenvalue weighted by molar-refractivity contribution is 7.99. The van der Waals surface area contributed by atoms with Crippen LogP contribution in [0.15, 0.2) is 29.2 Å². The van der Waals surface area contributed by atoms with Crippen molar-refractivity contribution in [3.8, 4) is 0 Å².